The Labute approximate surface area is 615 Å². The smallest absolute Gasteiger partial charge is 0.155 e. The molecule has 101 heavy (non-hydrogen) atoms. The van der Waals surface area contributed by atoms with E-state index in [1.54, 1.807) is 53.2 Å². The molecule has 0 bridgehead atoms. The molecule has 0 aromatic heterocycles. The summed E-state index contributed by atoms with van der Waals surface area (Å²) in [6.45, 7) is 26.2. The molecule has 17 aliphatic carbocycles. The molecule has 20 atom stereocenters. The van der Waals surface area contributed by atoms with Gasteiger partial charge in [0.15, 0.2) is 11.6 Å². The highest BCUT2D eigenvalue weighted by atomic mass is 16.5. The van der Waals surface area contributed by atoms with Gasteiger partial charge in [-0.1, -0.05) is 137 Å². The Bertz CT molecular complexity index is 3460. The number of carbonyl (C=O) groups is 2. The molecule has 2 aromatic rings. The third kappa shape index (κ3) is 15.2. The Morgan fingerprint density at radius 3 is 1.39 bits per heavy atom. The zero-order valence-electron chi connectivity index (χ0n) is 66.3. The number of ether oxygens (including phenoxy) is 2. The van der Waals surface area contributed by atoms with E-state index < -0.39 is 0 Å². The van der Waals surface area contributed by atoms with Crippen LogP contribution in [0.15, 0.2) is 105 Å². The Kier molecular flexibility index (Phi) is 23.5. The van der Waals surface area contributed by atoms with Gasteiger partial charge in [0.05, 0.1) is 20.3 Å². The lowest BCUT2D eigenvalue weighted by atomic mass is 9.47. The van der Waals surface area contributed by atoms with Crippen molar-refractivity contribution in [2.24, 2.45) is 98.6 Å². The first-order valence-electron chi connectivity index (χ1n) is 42.7. The van der Waals surface area contributed by atoms with Crippen LogP contribution in [0.1, 0.15) is 335 Å². The molecule has 0 radical (unpaired) electrons. The summed E-state index contributed by atoms with van der Waals surface area (Å²) >= 11 is 0. The van der Waals surface area contributed by atoms with E-state index in [2.05, 4.69) is 125 Å². The van der Waals surface area contributed by atoms with E-state index in [1.165, 1.54) is 222 Å². The van der Waals surface area contributed by atoms with Crippen LogP contribution in [0, 0.1) is 98.6 Å². The van der Waals surface area contributed by atoms with E-state index >= 15 is 0 Å². The summed E-state index contributed by atoms with van der Waals surface area (Å²) in [5.41, 5.74) is 21.0. The van der Waals surface area contributed by atoms with Crippen molar-refractivity contribution in [3.63, 3.8) is 0 Å². The maximum atomic E-state index is 11.8. The van der Waals surface area contributed by atoms with E-state index in [9.17, 15) is 14.7 Å². The van der Waals surface area contributed by atoms with Crippen LogP contribution in [0.4, 0.5) is 0 Å². The average Bonchev–Trinajstić information content (AvgIpc) is 1.68. The van der Waals surface area contributed by atoms with E-state index in [0.29, 0.717) is 33.7 Å². The maximum Gasteiger partial charge on any atom is 0.155 e. The van der Waals surface area contributed by atoms with Gasteiger partial charge in [0, 0.05) is 12.8 Å². The number of hydrogen-bond donors (Lipinski definition) is 1. The minimum Gasteiger partial charge on any atom is -0.497 e. The lowest BCUT2D eigenvalue weighted by molar-refractivity contribution is -0.118. The summed E-state index contributed by atoms with van der Waals surface area (Å²) in [5.74, 6) is 16.0. The van der Waals surface area contributed by atoms with Crippen LogP contribution in [0.5, 0.6) is 11.5 Å². The number of methoxy groups -OCH3 is 2. The molecule has 5 nitrogen and oxygen atoms in total. The number of aryl methyl sites for hydroxylation is 2. The molecule has 17 aliphatic rings. The van der Waals surface area contributed by atoms with Crippen molar-refractivity contribution in [2.45, 2.75) is 332 Å². The van der Waals surface area contributed by atoms with Crippen LogP contribution >= 0.6 is 0 Å². The van der Waals surface area contributed by atoms with Crippen molar-refractivity contribution in [3.05, 3.63) is 128 Å². The third-order valence-corrected chi connectivity index (χ3v) is 33.3. The molecule has 0 amide bonds. The van der Waals surface area contributed by atoms with Crippen molar-refractivity contribution in [1.29, 1.82) is 0 Å². The number of rotatable bonds is 2. The number of allylic oxidation sites excluding steroid dienone is 11. The van der Waals surface area contributed by atoms with Crippen LogP contribution in [0.2, 0.25) is 0 Å². The average molecular weight is 1370 g/mol. The SMILES string of the molecule is CC1=C2CCC3C(CCC4=CC(=O)CC[C@@]43C)C2CC1.CC1=CCCC1.CC1=CCCC1.COc1ccc2c(c1)CCC1C2CC[C@]2(C)C(O)CCC12.COc1ccc2c(c1)CCC1C3CCC(C)=C3CCC21.C[C@@H]1CCC[C@@H]1C.C[C@H]1CCC2C3CCC4=CC(=O)CC[C@]4(C)C3CC[C@@]21C. The first-order valence-corrected chi connectivity index (χ1v) is 42.7. The first-order chi connectivity index (χ1) is 48.5. The second kappa shape index (κ2) is 31.7. The van der Waals surface area contributed by atoms with Crippen molar-refractivity contribution >= 4 is 11.6 Å². The molecule has 0 saturated heterocycles. The number of ketones is 2. The summed E-state index contributed by atoms with van der Waals surface area (Å²) in [6, 6.07) is 13.4. The molecule has 19 rings (SSSR count). The van der Waals surface area contributed by atoms with E-state index in [-0.39, 0.29) is 11.5 Å². The Morgan fingerprint density at radius 1 is 0.406 bits per heavy atom. The number of benzene rings is 2. The third-order valence-electron chi connectivity index (χ3n) is 33.3. The van der Waals surface area contributed by atoms with E-state index in [1.807, 2.05) is 23.3 Å². The predicted molar refractivity (Wildman–Crippen MR) is 420 cm³/mol. The molecule has 554 valence electrons. The molecule has 0 spiro atoms. The number of fused-ring (bicyclic) bond motifs is 20. The van der Waals surface area contributed by atoms with E-state index in [0.717, 1.165) is 126 Å². The Balaban J connectivity index is 0.000000110. The van der Waals surface area contributed by atoms with Gasteiger partial charge in [-0.3, -0.25) is 9.59 Å². The van der Waals surface area contributed by atoms with Gasteiger partial charge in [-0.25, -0.2) is 0 Å². The van der Waals surface area contributed by atoms with E-state index in [4.69, 9.17) is 9.47 Å². The first kappa shape index (κ1) is 75.0. The van der Waals surface area contributed by atoms with Crippen LogP contribution in [-0.2, 0) is 22.4 Å². The molecule has 0 heterocycles. The fourth-order valence-electron chi connectivity index (χ4n) is 26.5. The number of aliphatic hydroxyl groups is 1. The maximum absolute atomic E-state index is 11.8. The summed E-state index contributed by atoms with van der Waals surface area (Å²) < 4.78 is 10.8. The quantitative estimate of drug-likeness (QED) is 0.303. The lowest BCUT2D eigenvalue weighted by Crippen LogP contribution is -2.50. The van der Waals surface area contributed by atoms with Crippen molar-refractivity contribution < 1.29 is 24.2 Å². The topological polar surface area (TPSA) is 72.8 Å². The molecule has 9 saturated carbocycles. The van der Waals surface area contributed by atoms with Crippen LogP contribution in [0.3, 0.4) is 0 Å². The molecule has 5 heteroatoms. The highest BCUT2D eigenvalue weighted by Gasteiger charge is 2.59. The summed E-state index contributed by atoms with van der Waals surface area (Å²) in [6.07, 6.45) is 56.6. The van der Waals surface area contributed by atoms with Gasteiger partial charge in [-0.15, -0.1) is 0 Å². The van der Waals surface area contributed by atoms with Crippen LogP contribution in [0.25, 0.3) is 0 Å². The number of hydrogen-bond acceptors (Lipinski definition) is 5. The van der Waals surface area contributed by atoms with Crippen LogP contribution < -0.4 is 9.47 Å². The zero-order valence-corrected chi connectivity index (χ0v) is 66.3. The van der Waals surface area contributed by atoms with Gasteiger partial charge in [0.2, 0.25) is 0 Å². The molecule has 2 aromatic carbocycles. The van der Waals surface area contributed by atoms with Gasteiger partial charge in [-0.05, 0) is 402 Å². The molecule has 13 unspecified atom stereocenters. The molecule has 9 fully saturated rings. The van der Waals surface area contributed by atoms with Crippen molar-refractivity contribution in [2.75, 3.05) is 14.2 Å². The Hall–Kier alpha value is -4.22. The predicted octanol–water partition coefficient (Wildman–Crippen LogP) is 25.4. The minimum absolute atomic E-state index is 0.0688. The number of carbonyl (C=O) groups excluding carboxylic acids is 2. The minimum atomic E-state index is -0.0688. The van der Waals surface area contributed by atoms with Gasteiger partial charge in [-0.2, -0.15) is 0 Å². The van der Waals surface area contributed by atoms with Crippen molar-refractivity contribution in [3.8, 4) is 11.5 Å². The second-order valence-electron chi connectivity index (χ2n) is 38.1. The fourth-order valence-corrected chi connectivity index (χ4v) is 26.5. The number of aliphatic hydroxyl groups excluding tert-OH is 1. The van der Waals surface area contributed by atoms with Crippen molar-refractivity contribution in [1.82, 2.24) is 0 Å². The molecule has 0 aliphatic heterocycles. The lowest BCUT2D eigenvalue weighted by Gasteiger charge is -2.58. The molecule has 1 N–H and O–H groups in total. The van der Waals surface area contributed by atoms with Gasteiger partial charge < -0.3 is 14.6 Å². The zero-order chi connectivity index (χ0) is 71.1. The van der Waals surface area contributed by atoms with Gasteiger partial charge in [0.1, 0.15) is 11.5 Å². The second-order valence-corrected chi connectivity index (χ2v) is 38.1. The normalized spacial score (nSPS) is 39.9. The summed E-state index contributed by atoms with van der Waals surface area (Å²) in [7, 11) is 3.52. The van der Waals surface area contributed by atoms with Gasteiger partial charge in [0.25, 0.3) is 0 Å². The monoisotopic (exact) mass is 1370 g/mol. The largest absolute Gasteiger partial charge is 0.497 e. The highest BCUT2D eigenvalue weighted by molar-refractivity contribution is 5.92. The van der Waals surface area contributed by atoms with Crippen LogP contribution in [-0.4, -0.2) is 37.0 Å². The fraction of sp³-hybridized carbons (Fsp3) is 0.729. The highest BCUT2D eigenvalue weighted by Crippen LogP contribution is 2.68. The Morgan fingerprint density at radius 2 is 0.871 bits per heavy atom. The summed E-state index contributed by atoms with van der Waals surface area (Å²) in [4.78, 5) is 23.6. The molecular formula is C96H140O5. The molecular weight excluding hydrogens is 1230 g/mol. The standard InChI is InChI=1S/C20H30O.C19H26O2.C19H24O.C19H26O.C7H14.2C6H10/c1-13-4-7-17-16-6-5-14-12-15(21)8-10-20(14,3)18(16)9-11-19(13,17)2;1-19-10-9-15-14-6-4-13(21-2)11-12(14)3-5-16(15)17(19)7-8-18(19)20;1-12-3-6-17-15(12)9-10-18-16-8-5-14(20-2)11-13(16)4-7-19(17)18;1-12-3-5-16-15(12)7-8-18-17(16)6-4-13-11-14(20)9-10-19(13,18)2;1-6-4-3-5-7(6)2;2*1-6-4-2-3-5-6/h12-13,16-18H,4-11H2,1-3H3;4,6,11,15-18,20H,3,5,7-10H2,1-2H3;5,8,11,17-19H,3-4,6-7,9-10H2,1-2H3;11,16-18H,3-10H2,1-2H3;6-7H,3-5H2,1-2H3;2*4H,2-3,5H2,1H3/t13-,16?,17?,18?,19+,20-;15?,16?,17?,18?,19-;;16?,17?,18?,19-;6-,7+;;/m00.0.../s1. The summed E-state index contributed by atoms with van der Waals surface area (Å²) in [5, 5.41) is 10.4. The van der Waals surface area contributed by atoms with Gasteiger partial charge >= 0.3 is 0 Å².